The van der Waals surface area contributed by atoms with Gasteiger partial charge < -0.3 is 20.1 Å². The SMILES string of the molecule is COc1ccc(C(C)(O)CN(C)N)cc1.O=C(O)/C=C\C(=O)O. The lowest BCUT2D eigenvalue weighted by atomic mass is 9.96. The van der Waals surface area contributed by atoms with E-state index in [0.717, 1.165) is 11.3 Å². The number of nitrogens with two attached hydrogens (primary N) is 1. The third kappa shape index (κ3) is 9.25. The van der Waals surface area contributed by atoms with Crippen molar-refractivity contribution in [1.29, 1.82) is 0 Å². The highest BCUT2D eigenvalue weighted by molar-refractivity contribution is 5.89. The Bertz CT molecular complexity index is 521. The normalized spacial score (nSPS) is 13.1. The van der Waals surface area contributed by atoms with Crippen molar-refractivity contribution >= 4 is 11.9 Å². The van der Waals surface area contributed by atoms with Crippen molar-refractivity contribution in [2.75, 3.05) is 20.7 Å². The molecule has 0 saturated carbocycles. The number of nitrogens with zero attached hydrogens (tertiary/aromatic N) is 1. The first-order valence-electron chi connectivity index (χ1n) is 6.55. The molecule has 0 amide bonds. The molecule has 0 aliphatic rings. The molecular formula is C15H22N2O6. The molecule has 0 saturated heterocycles. The minimum atomic E-state index is -1.26. The summed E-state index contributed by atoms with van der Waals surface area (Å²) in [5.41, 5.74) is -0.129. The summed E-state index contributed by atoms with van der Waals surface area (Å²) in [4.78, 5) is 19.1. The number of aliphatic carboxylic acids is 2. The van der Waals surface area contributed by atoms with Gasteiger partial charge in [0.25, 0.3) is 0 Å². The molecule has 1 aromatic carbocycles. The van der Waals surface area contributed by atoms with Crippen molar-refractivity contribution in [3.8, 4) is 5.75 Å². The second-order valence-corrected chi connectivity index (χ2v) is 4.93. The molecule has 1 aromatic rings. The Labute approximate surface area is 134 Å². The summed E-state index contributed by atoms with van der Waals surface area (Å²) >= 11 is 0. The Balaban J connectivity index is 0.000000515. The summed E-state index contributed by atoms with van der Waals surface area (Å²) in [5.74, 6) is 3.78. The number of carboxylic acids is 2. The maximum atomic E-state index is 10.2. The summed E-state index contributed by atoms with van der Waals surface area (Å²) in [6, 6.07) is 7.31. The van der Waals surface area contributed by atoms with Crippen LogP contribution in [-0.2, 0) is 15.2 Å². The summed E-state index contributed by atoms with van der Waals surface area (Å²) in [5, 5.41) is 27.2. The largest absolute Gasteiger partial charge is 0.497 e. The van der Waals surface area contributed by atoms with E-state index in [1.54, 1.807) is 21.1 Å². The molecule has 0 radical (unpaired) electrons. The van der Waals surface area contributed by atoms with E-state index in [1.807, 2.05) is 24.3 Å². The van der Waals surface area contributed by atoms with Gasteiger partial charge in [-0.1, -0.05) is 12.1 Å². The molecule has 1 atom stereocenters. The Morgan fingerprint density at radius 1 is 1.22 bits per heavy atom. The van der Waals surface area contributed by atoms with Gasteiger partial charge in [-0.05, 0) is 24.6 Å². The number of benzene rings is 1. The summed E-state index contributed by atoms with van der Waals surface area (Å²) < 4.78 is 5.05. The number of aliphatic hydroxyl groups is 1. The zero-order chi connectivity index (χ0) is 18.0. The second kappa shape index (κ2) is 9.57. The third-order valence-electron chi connectivity index (χ3n) is 2.64. The molecule has 8 heteroatoms. The van der Waals surface area contributed by atoms with Crippen molar-refractivity contribution in [1.82, 2.24) is 5.01 Å². The van der Waals surface area contributed by atoms with Gasteiger partial charge in [0.05, 0.1) is 7.11 Å². The molecule has 0 spiro atoms. The first-order valence-corrected chi connectivity index (χ1v) is 6.55. The molecule has 1 rings (SSSR count). The molecule has 0 aliphatic carbocycles. The average Bonchev–Trinajstić information content (AvgIpc) is 2.44. The number of hydrogen-bond acceptors (Lipinski definition) is 6. The molecule has 0 aromatic heterocycles. The first kappa shape index (κ1) is 20.6. The maximum Gasteiger partial charge on any atom is 0.328 e. The standard InChI is InChI=1S/C11H18N2O2.C4H4O4/c1-11(14,8-13(2)12)9-4-6-10(15-3)7-5-9;5-3(6)1-2-4(7)8/h4-7,14H,8,12H2,1-3H3;1-2H,(H,5,6)(H,7,8)/b;2-1-. The van der Waals surface area contributed by atoms with Crippen LogP contribution in [0, 0.1) is 0 Å². The van der Waals surface area contributed by atoms with Crippen LogP contribution in [0.25, 0.3) is 0 Å². The number of carboxylic acid groups (broad SMARTS) is 2. The number of carbonyl (C=O) groups is 2. The minimum Gasteiger partial charge on any atom is -0.497 e. The van der Waals surface area contributed by atoms with E-state index in [1.165, 1.54) is 5.01 Å². The van der Waals surface area contributed by atoms with Crippen molar-refractivity contribution < 1.29 is 29.6 Å². The lowest BCUT2D eigenvalue weighted by Gasteiger charge is -2.27. The van der Waals surface area contributed by atoms with E-state index >= 15 is 0 Å². The number of hydrogen-bond donors (Lipinski definition) is 4. The van der Waals surface area contributed by atoms with Gasteiger partial charge in [-0.15, -0.1) is 0 Å². The van der Waals surface area contributed by atoms with Gasteiger partial charge in [-0.25, -0.2) is 14.6 Å². The molecule has 8 nitrogen and oxygen atoms in total. The molecular weight excluding hydrogens is 304 g/mol. The molecule has 128 valence electrons. The van der Waals surface area contributed by atoms with E-state index < -0.39 is 17.5 Å². The smallest absolute Gasteiger partial charge is 0.328 e. The van der Waals surface area contributed by atoms with Crippen LogP contribution >= 0.6 is 0 Å². The summed E-state index contributed by atoms with van der Waals surface area (Å²) in [7, 11) is 3.33. The molecule has 1 unspecified atom stereocenters. The van der Waals surface area contributed by atoms with Crippen LogP contribution < -0.4 is 10.6 Å². The molecule has 5 N–H and O–H groups in total. The fourth-order valence-corrected chi connectivity index (χ4v) is 1.67. The number of methoxy groups -OCH3 is 1. The lowest BCUT2D eigenvalue weighted by molar-refractivity contribution is -0.134. The van der Waals surface area contributed by atoms with E-state index in [9.17, 15) is 14.7 Å². The molecule has 0 bridgehead atoms. The van der Waals surface area contributed by atoms with E-state index in [2.05, 4.69) is 0 Å². The highest BCUT2D eigenvalue weighted by atomic mass is 16.5. The van der Waals surface area contributed by atoms with Crippen molar-refractivity contribution in [3.63, 3.8) is 0 Å². The molecule has 0 fully saturated rings. The average molecular weight is 326 g/mol. The summed E-state index contributed by atoms with van der Waals surface area (Å²) in [6.45, 7) is 2.11. The van der Waals surface area contributed by atoms with Crippen molar-refractivity contribution in [3.05, 3.63) is 42.0 Å². The molecule has 0 heterocycles. The highest BCUT2D eigenvalue weighted by Gasteiger charge is 2.23. The predicted molar refractivity (Wildman–Crippen MR) is 83.8 cm³/mol. The molecule has 0 aliphatic heterocycles. The minimum absolute atomic E-state index is 0.374. The van der Waals surface area contributed by atoms with Crippen LogP contribution in [0.15, 0.2) is 36.4 Å². The zero-order valence-corrected chi connectivity index (χ0v) is 13.3. The number of ether oxygens (including phenoxy) is 1. The summed E-state index contributed by atoms with van der Waals surface area (Å²) in [6.07, 6.45) is 1.12. The maximum absolute atomic E-state index is 10.2. The van der Waals surface area contributed by atoms with Gasteiger partial charge in [0.15, 0.2) is 0 Å². The van der Waals surface area contributed by atoms with E-state index in [4.69, 9.17) is 20.8 Å². The van der Waals surface area contributed by atoms with Gasteiger partial charge in [0, 0.05) is 25.7 Å². The van der Waals surface area contributed by atoms with Crippen LogP contribution in [-0.4, -0.2) is 53.0 Å². The molecule has 23 heavy (non-hydrogen) atoms. The fraction of sp³-hybridized carbons (Fsp3) is 0.333. The third-order valence-corrected chi connectivity index (χ3v) is 2.64. The van der Waals surface area contributed by atoms with Crippen LogP contribution in [0.5, 0.6) is 5.75 Å². The lowest BCUT2D eigenvalue weighted by Crippen LogP contribution is -2.40. The fourth-order valence-electron chi connectivity index (χ4n) is 1.67. The van der Waals surface area contributed by atoms with Gasteiger partial charge >= 0.3 is 11.9 Å². The van der Waals surface area contributed by atoms with Crippen LogP contribution in [0.2, 0.25) is 0 Å². The number of rotatable bonds is 6. The van der Waals surface area contributed by atoms with E-state index in [0.29, 0.717) is 18.7 Å². The second-order valence-electron chi connectivity index (χ2n) is 4.93. The van der Waals surface area contributed by atoms with Gasteiger partial charge in [0.1, 0.15) is 11.4 Å². The van der Waals surface area contributed by atoms with Crippen molar-refractivity contribution in [2.45, 2.75) is 12.5 Å². The van der Waals surface area contributed by atoms with Gasteiger partial charge in [-0.2, -0.15) is 0 Å². The Hall–Kier alpha value is -2.42. The van der Waals surface area contributed by atoms with E-state index in [-0.39, 0.29) is 0 Å². The Kier molecular flexibility index (Phi) is 8.56. The van der Waals surface area contributed by atoms with Gasteiger partial charge in [0.2, 0.25) is 0 Å². The topological polar surface area (TPSA) is 133 Å². The Morgan fingerprint density at radius 2 is 1.65 bits per heavy atom. The Morgan fingerprint density at radius 3 is 1.96 bits per heavy atom. The number of hydrazine groups is 1. The van der Waals surface area contributed by atoms with Crippen molar-refractivity contribution in [2.24, 2.45) is 5.84 Å². The highest BCUT2D eigenvalue weighted by Crippen LogP contribution is 2.23. The quantitative estimate of drug-likeness (QED) is 0.336. The van der Waals surface area contributed by atoms with Crippen LogP contribution in [0.3, 0.4) is 0 Å². The van der Waals surface area contributed by atoms with Gasteiger partial charge in [-0.3, -0.25) is 5.84 Å². The number of likely N-dealkylation sites (N-methyl/N-ethyl adjacent to an activating group) is 1. The monoisotopic (exact) mass is 326 g/mol. The first-order chi connectivity index (χ1) is 10.6. The van der Waals surface area contributed by atoms with Crippen LogP contribution in [0.1, 0.15) is 12.5 Å². The van der Waals surface area contributed by atoms with Crippen LogP contribution in [0.4, 0.5) is 0 Å². The zero-order valence-electron chi connectivity index (χ0n) is 13.3. The predicted octanol–water partition coefficient (Wildman–Crippen LogP) is 0.420.